The smallest absolute Gasteiger partial charge is 0.270 e. The standard InChI is InChI=1S/C14H10Cl2N2O3/c15-12-5-4-11(14(16)7-12)9-21-17-8-10-2-1-3-13(6-10)18(19)20/h1-8H,9H2. The van der Waals surface area contributed by atoms with Gasteiger partial charge in [-0.3, -0.25) is 10.1 Å². The SMILES string of the molecule is O=[N+]([O-])c1cccc(C=NOCc2ccc(Cl)cc2Cl)c1. The number of hydrogen-bond acceptors (Lipinski definition) is 4. The molecular formula is C14H10Cl2N2O3. The summed E-state index contributed by atoms with van der Waals surface area (Å²) in [7, 11) is 0. The third-order valence-corrected chi connectivity index (χ3v) is 3.18. The zero-order chi connectivity index (χ0) is 15.2. The molecular weight excluding hydrogens is 315 g/mol. The molecule has 0 unspecified atom stereocenters. The van der Waals surface area contributed by atoms with Crippen molar-refractivity contribution in [2.45, 2.75) is 6.61 Å². The summed E-state index contributed by atoms with van der Waals surface area (Å²) in [5.41, 5.74) is 1.32. The molecule has 0 amide bonds. The summed E-state index contributed by atoms with van der Waals surface area (Å²) in [4.78, 5) is 15.3. The minimum atomic E-state index is -0.467. The van der Waals surface area contributed by atoms with Gasteiger partial charge in [-0.15, -0.1) is 0 Å². The van der Waals surface area contributed by atoms with Gasteiger partial charge in [-0.2, -0.15) is 0 Å². The van der Waals surface area contributed by atoms with Gasteiger partial charge in [-0.05, 0) is 12.1 Å². The van der Waals surface area contributed by atoms with Crippen LogP contribution in [0.5, 0.6) is 0 Å². The fraction of sp³-hybridized carbons (Fsp3) is 0.0714. The first-order valence-corrected chi connectivity index (χ1v) is 6.65. The number of oxime groups is 1. The lowest BCUT2D eigenvalue weighted by atomic mass is 10.2. The highest BCUT2D eigenvalue weighted by molar-refractivity contribution is 6.35. The summed E-state index contributed by atoms with van der Waals surface area (Å²) >= 11 is 11.8. The van der Waals surface area contributed by atoms with Crippen molar-refractivity contribution in [2.75, 3.05) is 0 Å². The summed E-state index contributed by atoms with van der Waals surface area (Å²) < 4.78 is 0. The van der Waals surface area contributed by atoms with E-state index < -0.39 is 4.92 Å². The Morgan fingerprint density at radius 1 is 1.24 bits per heavy atom. The fourth-order valence-corrected chi connectivity index (χ4v) is 2.03. The fourth-order valence-electron chi connectivity index (χ4n) is 1.56. The predicted octanol–water partition coefficient (Wildman–Crippen LogP) is 4.45. The quantitative estimate of drug-likeness (QED) is 0.463. The Kier molecular flexibility index (Phi) is 5.14. The molecule has 0 N–H and O–H groups in total. The summed E-state index contributed by atoms with van der Waals surface area (Å²) in [5, 5.41) is 15.4. The summed E-state index contributed by atoms with van der Waals surface area (Å²) in [6.45, 7) is 0.182. The molecule has 2 aromatic rings. The second kappa shape index (κ2) is 7.06. The van der Waals surface area contributed by atoms with Crippen molar-refractivity contribution in [3.8, 4) is 0 Å². The molecule has 0 aliphatic rings. The van der Waals surface area contributed by atoms with Crippen molar-refractivity contribution >= 4 is 35.1 Å². The van der Waals surface area contributed by atoms with Crippen molar-refractivity contribution in [1.29, 1.82) is 0 Å². The number of benzene rings is 2. The van der Waals surface area contributed by atoms with E-state index in [0.29, 0.717) is 15.6 Å². The van der Waals surface area contributed by atoms with Gasteiger partial charge >= 0.3 is 0 Å². The van der Waals surface area contributed by atoms with Crippen molar-refractivity contribution in [3.05, 3.63) is 73.8 Å². The van der Waals surface area contributed by atoms with E-state index in [4.69, 9.17) is 28.0 Å². The molecule has 0 heterocycles. The van der Waals surface area contributed by atoms with Crippen LogP contribution in [-0.4, -0.2) is 11.1 Å². The Bertz CT molecular complexity index is 690. The van der Waals surface area contributed by atoms with Crippen molar-refractivity contribution < 1.29 is 9.76 Å². The number of halogens is 2. The maximum atomic E-state index is 10.6. The van der Waals surface area contributed by atoms with E-state index in [0.717, 1.165) is 5.56 Å². The molecule has 0 spiro atoms. The zero-order valence-electron chi connectivity index (χ0n) is 10.7. The molecule has 0 radical (unpaired) electrons. The van der Waals surface area contributed by atoms with E-state index in [9.17, 15) is 10.1 Å². The van der Waals surface area contributed by atoms with Crippen molar-refractivity contribution in [2.24, 2.45) is 5.16 Å². The molecule has 2 rings (SSSR count). The van der Waals surface area contributed by atoms with Crippen molar-refractivity contribution in [3.63, 3.8) is 0 Å². The first-order valence-electron chi connectivity index (χ1n) is 5.90. The van der Waals surface area contributed by atoms with Gasteiger partial charge in [0.1, 0.15) is 6.61 Å². The lowest BCUT2D eigenvalue weighted by Gasteiger charge is -2.03. The van der Waals surface area contributed by atoms with Crippen LogP contribution < -0.4 is 0 Å². The topological polar surface area (TPSA) is 64.7 Å². The second-order valence-corrected chi connectivity index (χ2v) is 4.94. The molecule has 0 fully saturated rings. The van der Waals surface area contributed by atoms with Gasteiger partial charge in [0.25, 0.3) is 5.69 Å². The minimum absolute atomic E-state index is 0.000282. The molecule has 0 aromatic heterocycles. The third-order valence-electron chi connectivity index (χ3n) is 2.59. The van der Waals surface area contributed by atoms with E-state index in [1.54, 1.807) is 30.3 Å². The van der Waals surface area contributed by atoms with E-state index in [2.05, 4.69) is 5.16 Å². The van der Waals surface area contributed by atoms with Gasteiger partial charge in [-0.1, -0.05) is 46.6 Å². The molecule has 0 saturated carbocycles. The maximum absolute atomic E-state index is 10.6. The van der Waals surface area contributed by atoms with Crippen LogP contribution in [0, 0.1) is 10.1 Å². The number of nitrogens with zero attached hydrogens (tertiary/aromatic N) is 2. The predicted molar refractivity (Wildman–Crippen MR) is 81.9 cm³/mol. The van der Waals surface area contributed by atoms with Gasteiger partial charge < -0.3 is 4.84 Å². The van der Waals surface area contributed by atoms with E-state index in [1.807, 2.05) is 0 Å². The van der Waals surface area contributed by atoms with Crippen LogP contribution in [0.3, 0.4) is 0 Å². The third kappa shape index (κ3) is 4.44. The molecule has 0 saturated heterocycles. The minimum Gasteiger partial charge on any atom is -0.391 e. The highest BCUT2D eigenvalue weighted by Crippen LogP contribution is 2.21. The molecule has 0 bridgehead atoms. The molecule has 108 valence electrons. The number of hydrogen-bond donors (Lipinski definition) is 0. The monoisotopic (exact) mass is 324 g/mol. The first kappa shape index (κ1) is 15.3. The van der Waals surface area contributed by atoms with Crippen LogP contribution in [0.4, 0.5) is 5.69 Å². The summed E-state index contributed by atoms with van der Waals surface area (Å²) in [6.07, 6.45) is 1.40. The van der Waals surface area contributed by atoms with Crippen molar-refractivity contribution in [1.82, 2.24) is 0 Å². The lowest BCUT2D eigenvalue weighted by molar-refractivity contribution is -0.384. The van der Waals surface area contributed by atoms with Gasteiger partial charge in [0, 0.05) is 33.3 Å². The van der Waals surface area contributed by atoms with E-state index in [-0.39, 0.29) is 12.3 Å². The first-order chi connectivity index (χ1) is 10.1. The Morgan fingerprint density at radius 2 is 2.05 bits per heavy atom. The largest absolute Gasteiger partial charge is 0.391 e. The van der Waals surface area contributed by atoms with Gasteiger partial charge in [0.2, 0.25) is 0 Å². The number of nitro benzene ring substituents is 1. The van der Waals surface area contributed by atoms with E-state index in [1.165, 1.54) is 18.3 Å². The van der Waals surface area contributed by atoms with Gasteiger partial charge in [0.05, 0.1) is 11.1 Å². The highest BCUT2D eigenvalue weighted by atomic mass is 35.5. The number of nitro groups is 1. The molecule has 21 heavy (non-hydrogen) atoms. The molecule has 0 aliphatic heterocycles. The Morgan fingerprint density at radius 3 is 2.76 bits per heavy atom. The van der Waals surface area contributed by atoms with Gasteiger partial charge in [-0.25, -0.2) is 0 Å². The van der Waals surface area contributed by atoms with Crippen LogP contribution >= 0.6 is 23.2 Å². The second-order valence-electron chi connectivity index (χ2n) is 4.10. The average molecular weight is 325 g/mol. The van der Waals surface area contributed by atoms with Crippen LogP contribution in [0.2, 0.25) is 10.0 Å². The normalized spacial score (nSPS) is 10.8. The van der Waals surface area contributed by atoms with Crippen LogP contribution in [0.15, 0.2) is 47.6 Å². The van der Waals surface area contributed by atoms with E-state index >= 15 is 0 Å². The Hall–Kier alpha value is -2.11. The summed E-state index contributed by atoms with van der Waals surface area (Å²) in [5.74, 6) is 0. The number of non-ortho nitro benzene ring substituents is 1. The molecule has 0 atom stereocenters. The van der Waals surface area contributed by atoms with Crippen LogP contribution in [-0.2, 0) is 11.4 Å². The van der Waals surface area contributed by atoms with Crippen LogP contribution in [0.25, 0.3) is 0 Å². The average Bonchev–Trinajstić information content (AvgIpc) is 2.45. The summed E-state index contributed by atoms with van der Waals surface area (Å²) in [6, 6.07) is 11.1. The zero-order valence-corrected chi connectivity index (χ0v) is 12.2. The molecule has 2 aromatic carbocycles. The van der Waals surface area contributed by atoms with Gasteiger partial charge in [0.15, 0.2) is 0 Å². The molecule has 7 heteroatoms. The van der Waals surface area contributed by atoms with Crippen LogP contribution in [0.1, 0.15) is 11.1 Å². The number of rotatable bonds is 5. The highest BCUT2D eigenvalue weighted by Gasteiger charge is 2.04. The molecule has 0 aliphatic carbocycles. The Labute approximate surface area is 130 Å². The maximum Gasteiger partial charge on any atom is 0.270 e. The lowest BCUT2D eigenvalue weighted by Crippen LogP contribution is -1.91. The Balaban J connectivity index is 1.96. The molecule has 5 nitrogen and oxygen atoms in total.